The first-order valence-electron chi connectivity index (χ1n) is 7.18. The predicted octanol–water partition coefficient (Wildman–Crippen LogP) is 5.05. The van der Waals surface area contributed by atoms with Crippen LogP contribution < -0.4 is 5.32 Å². The summed E-state index contributed by atoms with van der Waals surface area (Å²) in [5, 5.41) is 4.46. The fraction of sp³-hybridized carbons (Fsp3) is 0.333. The van der Waals surface area contributed by atoms with Gasteiger partial charge < -0.3 is 5.32 Å². The molecule has 2 heteroatoms. The van der Waals surface area contributed by atoms with Crippen LogP contribution in [0.3, 0.4) is 0 Å². The van der Waals surface area contributed by atoms with E-state index < -0.39 is 0 Å². The van der Waals surface area contributed by atoms with Gasteiger partial charge in [-0.15, -0.1) is 0 Å². The molecule has 0 radical (unpaired) electrons. The zero-order valence-corrected chi connectivity index (χ0v) is 13.2. The lowest BCUT2D eigenvalue weighted by molar-refractivity contribution is 0.594. The van der Waals surface area contributed by atoms with Gasteiger partial charge in [-0.1, -0.05) is 48.9 Å². The number of benzene rings is 2. The first-order valence-corrected chi connectivity index (χ1v) is 7.56. The molecule has 0 aromatic heterocycles. The van der Waals surface area contributed by atoms with Crippen molar-refractivity contribution in [3.63, 3.8) is 0 Å². The molecule has 0 saturated carbocycles. The summed E-state index contributed by atoms with van der Waals surface area (Å²) in [6.07, 6.45) is 1.12. The average molecular weight is 288 g/mol. The average Bonchev–Trinajstić information content (AvgIpc) is 2.42. The van der Waals surface area contributed by atoms with Gasteiger partial charge in [-0.05, 0) is 61.2 Å². The van der Waals surface area contributed by atoms with Crippen molar-refractivity contribution in [2.24, 2.45) is 0 Å². The van der Waals surface area contributed by atoms with Crippen molar-refractivity contribution in [2.45, 2.75) is 33.2 Å². The Hall–Kier alpha value is -1.31. The van der Waals surface area contributed by atoms with Crippen LogP contribution >= 0.6 is 11.6 Å². The maximum absolute atomic E-state index is 6.08. The SMILES string of the molecule is CCCNC(c1ccccc1C)c1ccc(Cl)cc1C. The Morgan fingerprint density at radius 1 is 1.00 bits per heavy atom. The lowest BCUT2D eigenvalue weighted by atomic mass is 9.92. The summed E-state index contributed by atoms with van der Waals surface area (Å²) in [4.78, 5) is 0. The van der Waals surface area contributed by atoms with Crippen molar-refractivity contribution < 1.29 is 0 Å². The highest BCUT2D eigenvalue weighted by Crippen LogP contribution is 2.28. The van der Waals surface area contributed by atoms with Gasteiger partial charge in [0.2, 0.25) is 0 Å². The van der Waals surface area contributed by atoms with Gasteiger partial charge in [-0.3, -0.25) is 0 Å². The molecule has 106 valence electrons. The van der Waals surface area contributed by atoms with Gasteiger partial charge in [-0.2, -0.15) is 0 Å². The fourth-order valence-corrected chi connectivity index (χ4v) is 2.78. The first-order chi connectivity index (χ1) is 9.63. The van der Waals surface area contributed by atoms with E-state index >= 15 is 0 Å². The maximum Gasteiger partial charge on any atom is 0.0581 e. The summed E-state index contributed by atoms with van der Waals surface area (Å²) in [6, 6.07) is 14.9. The lowest BCUT2D eigenvalue weighted by Crippen LogP contribution is -2.24. The van der Waals surface area contributed by atoms with Gasteiger partial charge >= 0.3 is 0 Å². The highest BCUT2D eigenvalue weighted by Gasteiger charge is 2.17. The lowest BCUT2D eigenvalue weighted by Gasteiger charge is -2.23. The van der Waals surface area contributed by atoms with Crippen molar-refractivity contribution in [1.29, 1.82) is 0 Å². The number of hydrogen-bond donors (Lipinski definition) is 1. The van der Waals surface area contributed by atoms with E-state index in [1.165, 1.54) is 22.3 Å². The third-order valence-electron chi connectivity index (χ3n) is 3.64. The number of rotatable bonds is 5. The molecular formula is C18H22ClN. The van der Waals surface area contributed by atoms with E-state index in [1.807, 2.05) is 12.1 Å². The second kappa shape index (κ2) is 6.92. The number of nitrogens with one attached hydrogen (secondary N) is 1. The molecule has 0 heterocycles. The van der Waals surface area contributed by atoms with Crippen molar-refractivity contribution >= 4 is 11.6 Å². The number of halogens is 1. The van der Waals surface area contributed by atoms with Gasteiger partial charge in [0.25, 0.3) is 0 Å². The largest absolute Gasteiger partial charge is 0.306 e. The topological polar surface area (TPSA) is 12.0 Å². The number of aryl methyl sites for hydroxylation is 2. The van der Waals surface area contributed by atoms with E-state index in [2.05, 4.69) is 56.4 Å². The Morgan fingerprint density at radius 2 is 1.70 bits per heavy atom. The van der Waals surface area contributed by atoms with E-state index in [9.17, 15) is 0 Å². The molecule has 1 N–H and O–H groups in total. The minimum absolute atomic E-state index is 0.230. The van der Waals surface area contributed by atoms with Crippen LogP contribution in [0.1, 0.15) is 41.6 Å². The van der Waals surface area contributed by atoms with Crippen molar-refractivity contribution in [3.05, 3.63) is 69.7 Å². The third-order valence-corrected chi connectivity index (χ3v) is 3.88. The highest BCUT2D eigenvalue weighted by atomic mass is 35.5. The van der Waals surface area contributed by atoms with Crippen LogP contribution in [0.25, 0.3) is 0 Å². The Balaban J connectivity index is 2.44. The van der Waals surface area contributed by atoms with Gasteiger partial charge in [0.15, 0.2) is 0 Å². The molecule has 0 amide bonds. The third kappa shape index (κ3) is 3.41. The molecule has 0 saturated heterocycles. The molecular weight excluding hydrogens is 266 g/mol. The monoisotopic (exact) mass is 287 g/mol. The first kappa shape index (κ1) is 15.1. The molecule has 0 bridgehead atoms. The Morgan fingerprint density at radius 3 is 2.35 bits per heavy atom. The molecule has 2 rings (SSSR count). The zero-order chi connectivity index (χ0) is 14.5. The molecule has 2 aromatic rings. The van der Waals surface area contributed by atoms with Crippen LogP contribution in [-0.4, -0.2) is 6.54 Å². The second-order valence-electron chi connectivity index (χ2n) is 5.24. The quantitative estimate of drug-likeness (QED) is 0.812. The Labute approximate surface area is 127 Å². The predicted molar refractivity (Wildman–Crippen MR) is 87.5 cm³/mol. The molecule has 0 aliphatic carbocycles. The van der Waals surface area contributed by atoms with Gasteiger partial charge in [-0.25, -0.2) is 0 Å². The fourth-order valence-electron chi connectivity index (χ4n) is 2.55. The second-order valence-corrected chi connectivity index (χ2v) is 5.68. The van der Waals surface area contributed by atoms with E-state index in [0.29, 0.717) is 0 Å². The van der Waals surface area contributed by atoms with Crippen LogP contribution in [0.15, 0.2) is 42.5 Å². The molecule has 2 aromatic carbocycles. The molecule has 0 spiro atoms. The smallest absolute Gasteiger partial charge is 0.0581 e. The standard InChI is InChI=1S/C18H22ClN/c1-4-11-20-18(16-8-6-5-7-13(16)2)17-10-9-15(19)12-14(17)3/h5-10,12,18,20H,4,11H2,1-3H3. The highest BCUT2D eigenvalue weighted by molar-refractivity contribution is 6.30. The summed E-state index contributed by atoms with van der Waals surface area (Å²) in [6.45, 7) is 7.49. The molecule has 1 unspecified atom stereocenters. The minimum atomic E-state index is 0.230. The molecule has 0 aliphatic heterocycles. The van der Waals surface area contributed by atoms with E-state index in [1.54, 1.807) is 0 Å². The summed E-state index contributed by atoms with van der Waals surface area (Å²) >= 11 is 6.08. The van der Waals surface area contributed by atoms with E-state index in [4.69, 9.17) is 11.6 Å². The van der Waals surface area contributed by atoms with Crippen LogP contribution in [0.2, 0.25) is 5.02 Å². The minimum Gasteiger partial charge on any atom is -0.306 e. The van der Waals surface area contributed by atoms with Gasteiger partial charge in [0.1, 0.15) is 0 Å². The van der Waals surface area contributed by atoms with Crippen molar-refractivity contribution in [1.82, 2.24) is 5.32 Å². The maximum atomic E-state index is 6.08. The van der Waals surface area contributed by atoms with Crippen molar-refractivity contribution in [3.8, 4) is 0 Å². The Bertz CT molecular complexity index is 577. The summed E-state index contributed by atoms with van der Waals surface area (Å²) in [5.41, 5.74) is 5.19. The van der Waals surface area contributed by atoms with E-state index in [0.717, 1.165) is 18.0 Å². The van der Waals surface area contributed by atoms with E-state index in [-0.39, 0.29) is 6.04 Å². The summed E-state index contributed by atoms with van der Waals surface area (Å²) < 4.78 is 0. The van der Waals surface area contributed by atoms with Gasteiger partial charge in [0, 0.05) is 5.02 Å². The van der Waals surface area contributed by atoms with Crippen LogP contribution in [0.5, 0.6) is 0 Å². The molecule has 0 fully saturated rings. The van der Waals surface area contributed by atoms with Crippen LogP contribution in [-0.2, 0) is 0 Å². The normalized spacial score (nSPS) is 12.4. The molecule has 20 heavy (non-hydrogen) atoms. The zero-order valence-electron chi connectivity index (χ0n) is 12.4. The molecule has 1 atom stereocenters. The summed E-state index contributed by atoms with van der Waals surface area (Å²) in [7, 11) is 0. The summed E-state index contributed by atoms with van der Waals surface area (Å²) in [5.74, 6) is 0. The van der Waals surface area contributed by atoms with Gasteiger partial charge in [0.05, 0.1) is 6.04 Å². The molecule has 0 aliphatic rings. The van der Waals surface area contributed by atoms with Crippen molar-refractivity contribution in [2.75, 3.05) is 6.54 Å². The van der Waals surface area contributed by atoms with Crippen LogP contribution in [0.4, 0.5) is 0 Å². The number of hydrogen-bond acceptors (Lipinski definition) is 1. The van der Waals surface area contributed by atoms with Crippen LogP contribution in [0, 0.1) is 13.8 Å². The molecule has 1 nitrogen and oxygen atoms in total. The Kier molecular flexibility index (Phi) is 5.22.